The van der Waals surface area contributed by atoms with Crippen LogP contribution in [0.1, 0.15) is 38.2 Å². The van der Waals surface area contributed by atoms with Crippen LogP contribution in [0, 0.1) is 5.92 Å². The maximum atomic E-state index is 5.99. The van der Waals surface area contributed by atoms with Crippen LogP contribution in [0.15, 0.2) is 53.5 Å². The summed E-state index contributed by atoms with van der Waals surface area (Å²) in [6, 6.07) is 16.4. The third-order valence-corrected chi connectivity index (χ3v) is 5.72. The number of hydrogen-bond donors (Lipinski definition) is 2. The highest BCUT2D eigenvalue weighted by atomic mass is 35.5. The van der Waals surface area contributed by atoms with Crippen molar-refractivity contribution in [2.75, 3.05) is 10.6 Å². The number of fused-ring (bicyclic) bond motifs is 1. The van der Waals surface area contributed by atoms with Gasteiger partial charge in [0.15, 0.2) is 0 Å². The number of benzene rings is 2. The third kappa shape index (κ3) is 3.38. The Kier molecular flexibility index (Phi) is 4.43. The summed E-state index contributed by atoms with van der Waals surface area (Å²) in [4.78, 5) is 4.98. The number of nitrogens with one attached hydrogen (secondary N) is 2. The summed E-state index contributed by atoms with van der Waals surface area (Å²) in [6.45, 7) is 3.02. The van der Waals surface area contributed by atoms with Crippen LogP contribution in [-0.2, 0) is 6.54 Å². The van der Waals surface area contributed by atoms with E-state index in [4.69, 9.17) is 16.6 Å². The molecule has 0 radical (unpaired) electrons. The van der Waals surface area contributed by atoms with Gasteiger partial charge < -0.3 is 10.6 Å². The molecular formula is C21H24ClN3. The topological polar surface area (TPSA) is 36.4 Å². The molecule has 3 nitrogen and oxygen atoms in total. The van der Waals surface area contributed by atoms with Gasteiger partial charge in [-0.15, -0.1) is 0 Å². The molecule has 0 saturated heterocycles. The summed E-state index contributed by atoms with van der Waals surface area (Å²) in [5.41, 5.74) is 3.41. The number of aliphatic imine (C=N–C) groups is 1. The summed E-state index contributed by atoms with van der Waals surface area (Å²) in [5, 5.41) is 8.19. The highest BCUT2D eigenvalue weighted by molar-refractivity contribution is 6.30. The van der Waals surface area contributed by atoms with Crippen molar-refractivity contribution >= 4 is 28.8 Å². The molecule has 2 aromatic rings. The van der Waals surface area contributed by atoms with Gasteiger partial charge in [0, 0.05) is 5.02 Å². The van der Waals surface area contributed by atoms with Gasteiger partial charge in [-0.1, -0.05) is 42.8 Å². The second-order valence-electron chi connectivity index (χ2n) is 7.35. The summed E-state index contributed by atoms with van der Waals surface area (Å²) >= 11 is 5.99. The molecule has 130 valence electrons. The zero-order chi connectivity index (χ0) is 17.3. The van der Waals surface area contributed by atoms with Crippen molar-refractivity contribution in [3.63, 3.8) is 0 Å². The highest BCUT2D eigenvalue weighted by Gasteiger charge is 2.42. The van der Waals surface area contributed by atoms with E-state index in [0.29, 0.717) is 6.54 Å². The Morgan fingerprint density at radius 1 is 1.04 bits per heavy atom. The van der Waals surface area contributed by atoms with Gasteiger partial charge in [0.2, 0.25) is 0 Å². The Labute approximate surface area is 154 Å². The molecule has 0 unspecified atom stereocenters. The average Bonchev–Trinajstić information content (AvgIpc) is 2.64. The van der Waals surface area contributed by atoms with Crippen molar-refractivity contribution in [3.05, 3.63) is 59.1 Å². The molecule has 1 aliphatic heterocycles. The first-order chi connectivity index (χ1) is 12.1. The van der Waals surface area contributed by atoms with Crippen LogP contribution in [0.4, 0.5) is 11.4 Å². The van der Waals surface area contributed by atoms with E-state index in [-0.39, 0.29) is 5.54 Å². The van der Waals surface area contributed by atoms with Gasteiger partial charge in [-0.3, -0.25) is 4.99 Å². The molecule has 0 aromatic heterocycles. The predicted octanol–water partition coefficient (Wildman–Crippen LogP) is 5.73. The van der Waals surface area contributed by atoms with E-state index in [1.54, 1.807) is 0 Å². The molecule has 1 aliphatic carbocycles. The van der Waals surface area contributed by atoms with E-state index in [2.05, 4.69) is 41.8 Å². The Morgan fingerprint density at radius 3 is 2.44 bits per heavy atom. The van der Waals surface area contributed by atoms with Gasteiger partial charge in [0.1, 0.15) is 5.84 Å². The second kappa shape index (κ2) is 6.72. The lowest BCUT2D eigenvalue weighted by Crippen LogP contribution is -2.54. The zero-order valence-electron chi connectivity index (χ0n) is 14.6. The lowest BCUT2D eigenvalue weighted by molar-refractivity contribution is 0.321. The Morgan fingerprint density at radius 2 is 1.72 bits per heavy atom. The smallest absolute Gasteiger partial charge is 0.127 e. The molecule has 2 aliphatic rings. The fraction of sp³-hybridized carbons (Fsp3) is 0.381. The van der Waals surface area contributed by atoms with Crippen LogP contribution in [0.5, 0.6) is 0 Å². The van der Waals surface area contributed by atoms with E-state index >= 15 is 0 Å². The average molecular weight is 354 g/mol. The molecule has 1 heterocycles. The number of nitrogens with zero attached hydrogens (tertiary/aromatic N) is 1. The molecule has 0 bridgehead atoms. The normalized spacial score (nSPS) is 26.8. The van der Waals surface area contributed by atoms with Crippen molar-refractivity contribution in [2.45, 2.75) is 44.7 Å². The highest BCUT2D eigenvalue weighted by Crippen LogP contribution is 2.41. The molecule has 4 rings (SSSR count). The standard InChI is InChI=1S/C21H24ClN3/c1-15-10-12-21(13-11-15)20(23-14-16-6-8-17(22)9-7-16)24-18-4-2-3-5-19(18)25-21/h2-9,15,25H,10-14H2,1H3,(H,23,24). The van der Waals surface area contributed by atoms with Crippen LogP contribution in [0.25, 0.3) is 0 Å². The van der Waals surface area contributed by atoms with Crippen molar-refractivity contribution in [1.29, 1.82) is 0 Å². The maximum absolute atomic E-state index is 5.99. The Balaban J connectivity index is 1.64. The van der Waals surface area contributed by atoms with Gasteiger partial charge in [-0.05, 0) is 61.4 Å². The molecule has 1 fully saturated rings. The summed E-state index contributed by atoms with van der Waals surface area (Å²) in [5.74, 6) is 1.87. The molecule has 2 N–H and O–H groups in total. The number of amidine groups is 1. The number of anilines is 2. The molecule has 2 aromatic carbocycles. The summed E-state index contributed by atoms with van der Waals surface area (Å²) < 4.78 is 0. The van der Waals surface area contributed by atoms with Crippen LogP contribution < -0.4 is 10.6 Å². The second-order valence-corrected chi connectivity index (χ2v) is 7.79. The largest absolute Gasteiger partial charge is 0.371 e. The number of hydrogen-bond acceptors (Lipinski definition) is 2. The van der Waals surface area contributed by atoms with E-state index < -0.39 is 0 Å². The molecule has 1 saturated carbocycles. The first-order valence-electron chi connectivity index (χ1n) is 9.08. The van der Waals surface area contributed by atoms with Gasteiger partial charge in [-0.25, -0.2) is 0 Å². The van der Waals surface area contributed by atoms with Crippen molar-refractivity contribution in [2.24, 2.45) is 10.9 Å². The minimum absolute atomic E-state index is 0.0622. The SMILES string of the molecule is CC1CCC2(CC1)Nc1ccccc1NC2=NCc1ccc(Cl)cc1. The van der Waals surface area contributed by atoms with E-state index in [9.17, 15) is 0 Å². The van der Waals surface area contributed by atoms with E-state index in [1.165, 1.54) is 24.1 Å². The summed E-state index contributed by atoms with van der Waals surface area (Å²) in [6.07, 6.45) is 4.71. The van der Waals surface area contributed by atoms with Crippen LogP contribution in [-0.4, -0.2) is 11.4 Å². The van der Waals surface area contributed by atoms with Crippen molar-refractivity contribution in [3.8, 4) is 0 Å². The molecule has 0 amide bonds. The lowest BCUT2D eigenvalue weighted by Gasteiger charge is -2.45. The van der Waals surface area contributed by atoms with Crippen LogP contribution >= 0.6 is 11.6 Å². The predicted molar refractivity (Wildman–Crippen MR) is 107 cm³/mol. The van der Waals surface area contributed by atoms with Crippen molar-refractivity contribution < 1.29 is 0 Å². The quantitative estimate of drug-likeness (QED) is 0.723. The molecule has 1 spiro atoms. The number of para-hydroxylation sites is 2. The monoisotopic (exact) mass is 353 g/mol. The third-order valence-electron chi connectivity index (χ3n) is 5.47. The number of halogens is 1. The van der Waals surface area contributed by atoms with Crippen molar-refractivity contribution in [1.82, 2.24) is 0 Å². The zero-order valence-corrected chi connectivity index (χ0v) is 15.3. The molecule has 25 heavy (non-hydrogen) atoms. The minimum Gasteiger partial charge on any atom is -0.371 e. The Hall–Kier alpha value is -2.00. The lowest BCUT2D eigenvalue weighted by atomic mass is 9.75. The van der Waals surface area contributed by atoms with Crippen LogP contribution in [0.2, 0.25) is 5.02 Å². The fourth-order valence-corrected chi connectivity index (χ4v) is 3.96. The molecule has 0 atom stereocenters. The van der Waals surface area contributed by atoms with Gasteiger partial charge in [0.25, 0.3) is 0 Å². The van der Waals surface area contributed by atoms with E-state index in [1.807, 2.05) is 24.3 Å². The molecule has 4 heteroatoms. The summed E-state index contributed by atoms with van der Waals surface area (Å²) in [7, 11) is 0. The first kappa shape index (κ1) is 16.5. The molecular weight excluding hydrogens is 330 g/mol. The van der Waals surface area contributed by atoms with Gasteiger partial charge in [0.05, 0.1) is 23.5 Å². The first-order valence-corrected chi connectivity index (χ1v) is 9.46. The van der Waals surface area contributed by atoms with Crippen LogP contribution in [0.3, 0.4) is 0 Å². The van der Waals surface area contributed by atoms with Gasteiger partial charge >= 0.3 is 0 Å². The van der Waals surface area contributed by atoms with E-state index in [0.717, 1.165) is 35.3 Å². The fourth-order valence-electron chi connectivity index (χ4n) is 3.83. The number of rotatable bonds is 2. The minimum atomic E-state index is -0.0622. The van der Waals surface area contributed by atoms with Gasteiger partial charge in [-0.2, -0.15) is 0 Å². The Bertz CT molecular complexity index is 774. The maximum Gasteiger partial charge on any atom is 0.127 e.